The summed E-state index contributed by atoms with van der Waals surface area (Å²) in [6, 6.07) is 0.273. The van der Waals surface area contributed by atoms with E-state index in [2.05, 4.69) is 31.0 Å². The number of likely N-dealkylation sites (tertiary alicyclic amines) is 1. The number of nitrogens with one attached hydrogen (secondary N) is 1. The van der Waals surface area contributed by atoms with Gasteiger partial charge in [-0.3, -0.25) is 4.79 Å². The summed E-state index contributed by atoms with van der Waals surface area (Å²) < 4.78 is 0. The first kappa shape index (κ1) is 18.4. The summed E-state index contributed by atoms with van der Waals surface area (Å²) >= 11 is 0. The number of hydrogen-bond donors (Lipinski definition) is 2. The molecule has 0 aliphatic carbocycles. The Balaban J connectivity index is 2.29. The number of nitrogens with two attached hydrogens (primary N) is 1. The average Bonchev–Trinajstić information content (AvgIpc) is 2.58. The molecule has 1 aliphatic heterocycles. The minimum absolute atomic E-state index is 0.236. The Kier molecular flexibility index (Phi) is 7.67. The van der Waals surface area contributed by atoms with Crippen LogP contribution in [0.5, 0.6) is 0 Å². The molecule has 0 bridgehead atoms. The highest BCUT2D eigenvalue weighted by Crippen LogP contribution is 2.18. The Hall–Kier alpha value is -0.610. The summed E-state index contributed by atoms with van der Waals surface area (Å²) in [7, 11) is 0. The summed E-state index contributed by atoms with van der Waals surface area (Å²) in [4.78, 5) is 14.3. The highest BCUT2D eigenvalue weighted by atomic mass is 16.1. The number of primary amides is 1. The van der Waals surface area contributed by atoms with E-state index in [-0.39, 0.29) is 11.9 Å². The van der Waals surface area contributed by atoms with Crippen LogP contribution in [0.4, 0.5) is 0 Å². The highest BCUT2D eigenvalue weighted by molar-refractivity contribution is 5.84. The van der Waals surface area contributed by atoms with E-state index in [1.54, 1.807) is 0 Å². The number of hydrogen-bond acceptors (Lipinski definition) is 3. The first-order chi connectivity index (χ1) is 9.83. The SMILES string of the molecule is CC1CCCN(CCCCC(C)(NC(C)C)C(N)=O)CC1. The zero-order valence-corrected chi connectivity index (χ0v) is 14.5. The Morgan fingerprint density at radius 3 is 2.67 bits per heavy atom. The molecule has 0 aromatic carbocycles. The largest absolute Gasteiger partial charge is 0.368 e. The van der Waals surface area contributed by atoms with Gasteiger partial charge in [0.2, 0.25) is 5.91 Å². The number of rotatable bonds is 8. The lowest BCUT2D eigenvalue weighted by molar-refractivity contribution is -0.124. The van der Waals surface area contributed by atoms with E-state index >= 15 is 0 Å². The molecule has 0 spiro atoms. The van der Waals surface area contributed by atoms with E-state index < -0.39 is 5.54 Å². The van der Waals surface area contributed by atoms with Gasteiger partial charge in [-0.1, -0.05) is 6.92 Å². The van der Waals surface area contributed by atoms with Gasteiger partial charge in [-0.05, 0) is 84.8 Å². The average molecular weight is 297 g/mol. The molecule has 2 unspecified atom stereocenters. The number of carbonyl (C=O) groups is 1. The van der Waals surface area contributed by atoms with Gasteiger partial charge in [-0.15, -0.1) is 0 Å². The summed E-state index contributed by atoms with van der Waals surface area (Å²) in [5.74, 6) is 0.642. The fourth-order valence-electron chi connectivity index (χ4n) is 3.26. The summed E-state index contributed by atoms with van der Waals surface area (Å²) in [6.45, 7) is 12.0. The third kappa shape index (κ3) is 6.79. The summed E-state index contributed by atoms with van der Waals surface area (Å²) in [5.41, 5.74) is 5.00. The standard InChI is InChI=1S/C17H35N3O/c1-14(2)19-17(4,16(18)21)10-5-6-11-20-12-7-8-15(3)9-13-20/h14-15,19H,5-13H2,1-4H3,(H2,18,21). The maximum Gasteiger partial charge on any atom is 0.237 e. The van der Waals surface area contributed by atoms with Crippen molar-refractivity contribution in [3.05, 3.63) is 0 Å². The second-order valence-electron chi connectivity index (χ2n) is 7.33. The van der Waals surface area contributed by atoms with Crippen LogP contribution in [-0.2, 0) is 4.79 Å². The molecule has 1 rings (SSSR count). The Bertz CT molecular complexity index is 319. The summed E-state index contributed by atoms with van der Waals surface area (Å²) in [6.07, 6.45) is 7.05. The van der Waals surface area contributed by atoms with Crippen molar-refractivity contribution in [1.29, 1.82) is 0 Å². The van der Waals surface area contributed by atoms with Crippen LogP contribution in [0.25, 0.3) is 0 Å². The lowest BCUT2D eigenvalue weighted by Crippen LogP contribution is -2.55. The Labute approximate surface area is 130 Å². The van der Waals surface area contributed by atoms with Crippen molar-refractivity contribution in [2.24, 2.45) is 11.7 Å². The molecule has 1 heterocycles. The second-order valence-corrected chi connectivity index (χ2v) is 7.33. The molecule has 4 nitrogen and oxygen atoms in total. The topological polar surface area (TPSA) is 58.4 Å². The van der Waals surface area contributed by atoms with Crippen molar-refractivity contribution < 1.29 is 4.79 Å². The lowest BCUT2D eigenvalue weighted by Gasteiger charge is -2.30. The maximum absolute atomic E-state index is 11.7. The fraction of sp³-hybridized carbons (Fsp3) is 0.941. The van der Waals surface area contributed by atoms with Crippen LogP contribution in [0.15, 0.2) is 0 Å². The van der Waals surface area contributed by atoms with Crippen molar-refractivity contribution in [2.75, 3.05) is 19.6 Å². The molecule has 1 aliphatic rings. The number of carbonyl (C=O) groups excluding carboxylic acids is 1. The fourth-order valence-corrected chi connectivity index (χ4v) is 3.26. The zero-order chi connectivity index (χ0) is 15.9. The predicted octanol–water partition coefficient (Wildman–Crippen LogP) is 2.52. The van der Waals surface area contributed by atoms with Crippen molar-refractivity contribution >= 4 is 5.91 Å². The van der Waals surface area contributed by atoms with Gasteiger partial charge in [0.05, 0.1) is 5.54 Å². The molecule has 0 radical (unpaired) electrons. The molecule has 0 aromatic heterocycles. The molecule has 21 heavy (non-hydrogen) atoms. The second kappa shape index (κ2) is 8.74. The van der Waals surface area contributed by atoms with Crippen molar-refractivity contribution in [3.63, 3.8) is 0 Å². The van der Waals surface area contributed by atoms with Gasteiger partial charge >= 0.3 is 0 Å². The Morgan fingerprint density at radius 2 is 2.05 bits per heavy atom. The minimum atomic E-state index is -0.568. The molecule has 0 aromatic rings. The first-order valence-corrected chi connectivity index (χ1v) is 8.63. The van der Waals surface area contributed by atoms with Crippen LogP contribution in [0.3, 0.4) is 0 Å². The van der Waals surface area contributed by atoms with Gasteiger partial charge in [0.1, 0.15) is 0 Å². The number of unbranched alkanes of at least 4 members (excludes halogenated alkanes) is 1. The quantitative estimate of drug-likeness (QED) is 0.677. The van der Waals surface area contributed by atoms with E-state index in [1.807, 2.05) is 6.92 Å². The molecule has 1 saturated heterocycles. The van der Waals surface area contributed by atoms with Crippen LogP contribution < -0.4 is 11.1 Å². The smallest absolute Gasteiger partial charge is 0.237 e. The van der Waals surface area contributed by atoms with Crippen LogP contribution in [-0.4, -0.2) is 42.0 Å². The van der Waals surface area contributed by atoms with E-state index in [9.17, 15) is 4.79 Å². The van der Waals surface area contributed by atoms with Crippen LogP contribution in [0.1, 0.15) is 66.2 Å². The molecule has 0 saturated carbocycles. The van der Waals surface area contributed by atoms with E-state index in [0.29, 0.717) is 0 Å². The van der Waals surface area contributed by atoms with Gasteiger partial charge in [0.15, 0.2) is 0 Å². The molecular weight excluding hydrogens is 262 g/mol. The summed E-state index contributed by atoms with van der Waals surface area (Å²) in [5, 5.41) is 3.32. The third-order valence-electron chi connectivity index (χ3n) is 4.66. The van der Waals surface area contributed by atoms with E-state index in [4.69, 9.17) is 5.73 Å². The molecule has 3 N–H and O–H groups in total. The number of nitrogens with zero attached hydrogens (tertiary/aromatic N) is 1. The number of amides is 1. The molecule has 2 atom stereocenters. The van der Waals surface area contributed by atoms with Gasteiger partial charge in [0, 0.05) is 6.04 Å². The van der Waals surface area contributed by atoms with Gasteiger partial charge < -0.3 is 16.0 Å². The van der Waals surface area contributed by atoms with E-state index in [0.717, 1.165) is 31.7 Å². The molecule has 1 fully saturated rings. The van der Waals surface area contributed by atoms with Crippen LogP contribution in [0, 0.1) is 5.92 Å². The molecule has 4 heteroatoms. The predicted molar refractivity (Wildman–Crippen MR) is 89.2 cm³/mol. The highest BCUT2D eigenvalue weighted by Gasteiger charge is 2.30. The van der Waals surface area contributed by atoms with Crippen molar-refractivity contribution in [3.8, 4) is 0 Å². The van der Waals surface area contributed by atoms with Crippen molar-refractivity contribution in [1.82, 2.24) is 10.2 Å². The van der Waals surface area contributed by atoms with E-state index in [1.165, 1.54) is 32.4 Å². The molecule has 1 amide bonds. The Morgan fingerprint density at radius 1 is 1.33 bits per heavy atom. The zero-order valence-electron chi connectivity index (χ0n) is 14.5. The third-order valence-corrected chi connectivity index (χ3v) is 4.66. The lowest BCUT2D eigenvalue weighted by atomic mass is 9.93. The van der Waals surface area contributed by atoms with Crippen LogP contribution >= 0.6 is 0 Å². The minimum Gasteiger partial charge on any atom is -0.368 e. The molecular formula is C17H35N3O. The monoisotopic (exact) mass is 297 g/mol. The van der Waals surface area contributed by atoms with Gasteiger partial charge in [-0.25, -0.2) is 0 Å². The maximum atomic E-state index is 11.7. The van der Waals surface area contributed by atoms with Crippen molar-refractivity contribution in [2.45, 2.75) is 77.8 Å². The van der Waals surface area contributed by atoms with Crippen LogP contribution in [0.2, 0.25) is 0 Å². The van der Waals surface area contributed by atoms with Gasteiger partial charge in [0.25, 0.3) is 0 Å². The normalized spacial score (nSPS) is 23.8. The molecule has 124 valence electrons. The van der Waals surface area contributed by atoms with Gasteiger partial charge in [-0.2, -0.15) is 0 Å². The first-order valence-electron chi connectivity index (χ1n) is 8.63.